The highest BCUT2D eigenvalue weighted by Gasteiger charge is 2.23. The van der Waals surface area contributed by atoms with E-state index >= 15 is 0 Å². The van der Waals surface area contributed by atoms with Crippen LogP contribution >= 0.6 is 0 Å². The van der Waals surface area contributed by atoms with Crippen LogP contribution in [-0.4, -0.2) is 24.0 Å². The van der Waals surface area contributed by atoms with Crippen LogP contribution in [0.3, 0.4) is 0 Å². The van der Waals surface area contributed by atoms with E-state index in [9.17, 15) is 9.59 Å². The highest BCUT2D eigenvalue weighted by atomic mass is 16.5. The summed E-state index contributed by atoms with van der Waals surface area (Å²) in [6, 6.07) is 26.1. The van der Waals surface area contributed by atoms with E-state index in [0.29, 0.717) is 12.2 Å². The topological polar surface area (TPSA) is 81.4 Å². The van der Waals surface area contributed by atoms with E-state index in [-0.39, 0.29) is 0 Å². The zero-order valence-corrected chi connectivity index (χ0v) is 16.2. The van der Waals surface area contributed by atoms with Gasteiger partial charge in [-0.25, -0.2) is 0 Å². The summed E-state index contributed by atoms with van der Waals surface area (Å²) < 4.78 is 5.73. The monoisotopic (exact) mass is 388 g/mol. The first-order chi connectivity index (χ1) is 14.0. The lowest BCUT2D eigenvalue weighted by Crippen LogP contribution is -2.49. The van der Waals surface area contributed by atoms with E-state index < -0.39 is 24.0 Å². The van der Waals surface area contributed by atoms with Crippen molar-refractivity contribution < 1.29 is 14.3 Å². The van der Waals surface area contributed by atoms with Gasteiger partial charge < -0.3 is 15.8 Å². The van der Waals surface area contributed by atoms with Crippen molar-refractivity contribution in [2.24, 2.45) is 5.73 Å². The third kappa shape index (κ3) is 5.69. The van der Waals surface area contributed by atoms with Crippen molar-refractivity contribution in [2.45, 2.75) is 25.5 Å². The Morgan fingerprint density at radius 2 is 1.41 bits per heavy atom. The van der Waals surface area contributed by atoms with Crippen molar-refractivity contribution in [1.82, 2.24) is 5.32 Å². The molecule has 2 amide bonds. The molecule has 5 nitrogen and oxygen atoms in total. The Labute approximate surface area is 170 Å². The van der Waals surface area contributed by atoms with E-state index in [1.807, 2.05) is 84.9 Å². The van der Waals surface area contributed by atoms with E-state index in [1.54, 1.807) is 6.92 Å². The number of carbonyl (C=O) groups excluding carboxylic acids is 2. The lowest BCUT2D eigenvalue weighted by molar-refractivity contribution is -0.131. The summed E-state index contributed by atoms with van der Waals surface area (Å²) in [5.74, 6) is -0.399. The number of amides is 2. The molecule has 29 heavy (non-hydrogen) atoms. The van der Waals surface area contributed by atoms with Gasteiger partial charge >= 0.3 is 0 Å². The molecule has 0 fully saturated rings. The lowest BCUT2D eigenvalue weighted by atomic mass is 10.1. The third-order valence-corrected chi connectivity index (χ3v) is 4.59. The molecule has 2 unspecified atom stereocenters. The van der Waals surface area contributed by atoms with Crippen LogP contribution in [0.15, 0.2) is 84.9 Å². The second-order valence-electron chi connectivity index (χ2n) is 6.80. The van der Waals surface area contributed by atoms with Crippen molar-refractivity contribution in [3.63, 3.8) is 0 Å². The SMILES string of the molecule is CC(Oc1ccc(-c2ccccc2)cc1)C(=O)NC(Cc1ccccc1)C(N)=O. The number of nitrogens with one attached hydrogen (secondary N) is 1. The highest BCUT2D eigenvalue weighted by molar-refractivity contribution is 5.88. The minimum Gasteiger partial charge on any atom is -0.481 e. The predicted molar refractivity (Wildman–Crippen MR) is 113 cm³/mol. The Balaban J connectivity index is 1.59. The van der Waals surface area contributed by atoms with Crippen LogP contribution in [0.1, 0.15) is 12.5 Å². The number of benzene rings is 3. The van der Waals surface area contributed by atoms with Gasteiger partial charge in [-0.2, -0.15) is 0 Å². The van der Waals surface area contributed by atoms with Gasteiger partial charge in [0.1, 0.15) is 11.8 Å². The van der Waals surface area contributed by atoms with Crippen LogP contribution in [0.2, 0.25) is 0 Å². The number of primary amides is 1. The third-order valence-electron chi connectivity index (χ3n) is 4.59. The van der Waals surface area contributed by atoms with Gasteiger partial charge in [0.15, 0.2) is 6.10 Å². The predicted octanol–water partition coefficient (Wildman–Crippen LogP) is 3.33. The molecule has 3 aromatic carbocycles. The van der Waals surface area contributed by atoms with Gasteiger partial charge in [0.2, 0.25) is 5.91 Å². The molecule has 0 aliphatic carbocycles. The molecule has 0 bridgehead atoms. The minimum absolute atomic E-state index is 0.334. The summed E-state index contributed by atoms with van der Waals surface area (Å²) in [5, 5.41) is 2.68. The van der Waals surface area contributed by atoms with Crippen molar-refractivity contribution in [2.75, 3.05) is 0 Å². The molecule has 3 rings (SSSR count). The molecule has 5 heteroatoms. The number of nitrogens with two attached hydrogens (primary N) is 1. The summed E-state index contributed by atoms with van der Waals surface area (Å²) >= 11 is 0. The Hall–Kier alpha value is -3.60. The highest BCUT2D eigenvalue weighted by Crippen LogP contribution is 2.22. The molecule has 0 saturated heterocycles. The van der Waals surface area contributed by atoms with Crippen molar-refractivity contribution in [3.05, 3.63) is 90.5 Å². The first kappa shape index (κ1) is 20.1. The van der Waals surface area contributed by atoms with Gasteiger partial charge in [0, 0.05) is 6.42 Å². The Kier molecular flexibility index (Phi) is 6.63. The average molecular weight is 388 g/mol. The summed E-state index contributed by atoms with van der Waals surface area (Å²) in [4.78, 5) is 24.3. The van der Waals surface area contributed by atoms with Gasteiger partial charge in [0.25, 0.3) is 5.91 Å². The van der Waals surface area contributed by atoms with Crippen molar-refractivity contribution >= 4 is 11.8 Å². The van der Waals surface area contributed by atoms with E-state index in [4.69, 9.17) is 10.5 Å². The molecule has 0 saturated carbocycles. The Morgan fingerprint density at radius 3 is 2.00 bits per heavy atom. The Bertz CT molecular complexity index is 941. The largest absolute Gasteiger partial charge is 0.481 e. The van der Waals surface area contributed by atoms with Gasteiger partial charge in [-0.3, -0.25) is 9.59 Å². The molecule has 0 aliphatic rings. The summed E-state index contributed by atoms with van der Waals surface area (Å²) in [7, 11) is 0. The smallest absolute Gasteiger partial charge is 0.261 e. The van der Waals surface area contributed by atoms with Crippen molar-refractivity contribution in [3.8, 4) is 16.9 Å². The molecule has 0 spiro atoms. The number of hydrogen-bond acceptors (Lipinski definition) is 3. The quantitative estimate of drug-likeness (QED) is 0.621. The van der Waals surface area contributed by atoms with E-state index in [1.165, 1.54) is 0 Å². The summed E-state index contributed by atoms with van der Waals surface area (Å²) in [5.41, 5.74) is 8.55. The fraction of sp³-hybridized carbons (Fsp3) is 0.167. The maximum absolute atomic E-state index is 12.5. The molecule has 0 radical (unpaired) electrons. The van der Waals surface area contributed by atoms with Crippen LogP contribution < -0.4 is 15.8 Å². The van der Waals surface area contributed by atoms with Crippen LogP contribution in [0.5, 0.6) is 5.75 Å². The average Bonchev–Trinajstić information content (AvgIpc) is 2.75. The van der Waals surface area contributed by atoms with Crippen LogP contribution in [0.4, 0.5) is 0 Å². The molecule has 0 aromatic heterocycles. The first-order valence-electron chi connectivity index (χ1n) is 9.48. The number of rotatable bonds is 8. The Morgan fingerprint density at radius 1 is 0.862 bits per heavy atom. The molecule has 2 atom stereocenters. The summed E-state index contributed by atoms with van der Waals surface area (Å²) in [6.07, 6.45) is -0.435. The lowest BCUT2D eigenvalue weighted by Gasteiger charge is -2.20. The zero-order chi connectivity index (χ0) is 20.6. The second-order valence-corrected chi connectivity index (χ2v) is 6.80. The second kappa shape index (κ2) is 9.55. The first-order valence-corrected chi connectivity index (χ1v) is 9.48. The van der Waals surface area contributed by atoms with E-state index in [2.05, 4.69) is 5.32 Å². The zero-order valence-electron chi connectivity index (χ0n) is 16.2. The number of ether oxygens (including phenoxy) is 1. The van der Waals surface area contributed by atoms with Crippen LogP contribution in [0.25, 0.3) is 11.1 Å². The fourth-order valence-electron chi connectivity index (χ4n) is 2.98. The normalized spacial score (nSPS) is 12.6. The number of carbonyl (C=O) groups is 2. The standard InChI is InChI=1S/C24H24N2O3/c1-17(24(28)26-22(23(25)27)16-18-8-4-2-5-9-18)29-21-14-12-20(13-15-21)19-10-6-3-7-11-19/h2-15,17,22H,16H2,1H3,(H2,25,27)(H,26,28). The van der Waals surface area contributed by atoms with Crippen LogP contribution in [0, 0.1) is 0 Å². The molecule has 148 valence electrons. The number of hydrogen-bond donors (Lipinski definition) is 2. The van der Waals surface area contributed by atoms with Crippen molar-refractivity contribution in [1.29, 1.82) is 0 Å². The van der Waals surface area contributed by atoms with Crippen LogP contribution in [-0.2, 0) is 16.0 Å². The molecule has 3 N–H and O–H groups in total. The maximum atomic E-state index is 12.5. The maximum Gasteiger partial charge on any atom is 0.261 e. The summed E-state index contributed by atoms with van der Waals surface area (Å²) in [6.45, 7) is 1.64. The fourth-order valence-corrected chi connectivity index (χ4v) is 2.98. The molecule has 0 heterocycles. The van der Waals surface area contributed by atoms with Gasteiger partial charge in [0.05, 0.1) is 0 Å². The van der Waals surface area contributed by atoms with Gasteiger partial charge in [-0.05, 0) is 35.7 Å². The molecule has 0 aliphatic heterocycles. The van der Waals surface area contributed by atoms with Gasteiger partial charge in [-0.15, -0.1) is 0 Å². The van der Waals surface area contributed by atoms with Gasteiger partial charge in [-0.1, -0.05) is 72.8 Å². The molecule has 3 aromatic rings. The molecular formula is C24H24N2O3. The molecular weight excluding hydrogens is 364 g/mol. The van der Waals surface area contributed by atoms with E-state index in [0.717, 1.165) is 16.7 Å². The minimum atomic E-state index is -0.795.